The van der Waals surface area contributed by atoms with Crippen LogP contribution < -0.4 is 5.32 Å². The van der Waals surface area contributed by atoms with Gasteiger partial charge in [-0.05, 0) is 38.4 Å². The van der Waals surface area contributed by atoms with Crippen LogP contribution >= 0.6 is 0 Å². The fourth-order valence-electron chi connectivity index (χ4n) is 2.37. The van der Waals surface area contributed by atoms with Crippen molar-refractivity contribution >= 4 is 0 Å². The molecule has 1 N–H and O–H groups in total. The Kier molecular flexibility index (Phi) is 3.77. The van der Waals surface area contributed by atoms with E-state index in [-0.39, 0.29) is 0 Å². The van der Waals surface area contributed by atoms with E-state index in [0.717, 1.165) is 29.3 Å². The fourth-order valence-corrected chi connectivity index (χ4v) is 2.37. The van der Waals surface area contributed by atoms with Crippen molar-refractivity contribution in [3.8, 4) is 11.4 Å². The van der Waals surface area contributed by atoms with Gasteiger partial charge >= 0.3 is 0 Å². The lowest BCUT2D eigenvalue weighted by atomic mass is 9.98. The Hall–Kier alpha value is -1.68. The molecule has 0 saturated carbocycles. The lowest BCUT2D eigenvalue weighted by Gasteiger charge is -2.16. The maximum absolute atomic E-state index is 5.07. The quantitative estimate of drug-likeness (QED) is 0.899. The van der Waals surface area contributed by atoms with Crippen molar-refractivity contribution in [2.75, 3.05) is 13.6 Å². The summed E-state index contributed by atoms with van der Waals surface area (Å²) in [6, 6.07) is 1.88. The first-order valence-corrected chi connectivity index (χ1v) is 6.15. The molecular weight excluding hydrogens is 226 g/mol. The summed E-state index contributed by atoms with van der Waals surface area (Å²) in [5.74, 6) is 1.15. The smallest absolute Gasteiger partial charge is 0.162 e. The number of furan rings is 1. The average Bonchev–Trinajstić information content (AvgIpc) is 2.81. The molecule has 0 spiro atoms. The zero-order chi connectivity index (χ0) is 13.1. The molecule has 2 heterocycles. The molecule has 4 nitrogen and oxygen atoms in total. The highest BCUT2D eigenvalue weighted by atomic mass is 16.3. The molecule has 0 fully saturated rings. The highest BCUT2D eigenvalue weighted by Crippen LogP contribution is 2.24. The first kappa shape index (κ1) is 12.8. The van der Waals surface area contributed by atoms with Gasteiger partial charge in [0.05, 0.1) is 11.8 Å². The van der Waals surface area contributed by atoms with Gasteiger partial charge in [-0.2, -0.15) is 0 Å². The van der Waals surface area contributed by atoms with Crippen LogP contribution in [0.25, 0.3) is 11.4 Å². The highest BCUT2D eigenvalue weighted by Gasteiger charge is 2.15. The van der Waals surface area contributed by atoms with E-state index in [1.54, 1.807) is 12.5 Å². The topological polar surface area (TPSA) is 51.0 Å². The van der Waals surface area contributed by atoms with Gasteiger partial charge in [-0.1, -0.05) is 6.92 Å². The van der Waals surface area contributed by atoms with Crippen LogP contribution in [0.15, 0.2) is 23.0 Å². The lowest BCUT2D eigenvalue weighted by molar-refractivity contribution is 0.568. The minimum atomic E-state index is 0.411. The number of hydrogen-bond acceptors (Lipinski definition) is 4. The van der Waals surface area contributed by atoms with Crippen molar-refractivity contribution in [3.05, 3.63) is 35.5 Å². The van der Waals surface area contributed by atoms with E-state index >= 15 is 0 Å². The molecule has 1 atom stereocenters. The summed E-state index contributed by atoms with van der Waals surface area (Å²) < 4.78 is 5.07. The van der Waals surface area contributed by atoms with Gasteiger partial charge in [0.1, 0.15) is 6.26 Å². The molecule has 0 amide bonds. The largest absolute Gasteiger partial charge is 0.472 e. The molecule has 2 rings (SSSR count). The molecule has 0 aromatic carbocycles. The molecule has 0 bridgehead atoms. The van der Waals surface area contributed by atoms with Gasteiger partial charge in [0.2, 0.25) is 0 Å². The summed E-state index contributed by atoms with van der Waals surface area (Å²) in [4.78, 5) is 9.16. The zero-order valence-electron chi connectivity index (χ0n) is 11.3. The predicted molar refractivity (Wildman–Crippen MR) is 71.5 cm³/mol. The Balaban J connectivity index is 2.41. The van der Waals surface area contributed by atoms with Gasteiger partial charge in [-0.25, -0.2) is 9.97 Å². The predicted octanol–water partition coefficient (Wildman–Crippen LogP) is 2.68. The summed E-state index contributed by atoms with van der Waals surface area (Å²) >= 11 is 0. The summed E-state index contributed by atoms with van der Waals surface area (Å²) in [6.45, 7) is 7.20. The van der Waals surface area contributed by atoms with E-state index in [4.69, 9.17) is 4.42 Å². The molecule has 2 aromatic rings. The number of aryl methyl sites for hydroxylation is 2. The molecular formula is C14H19N3O. The maximum Gasteiger partial charge on any atom is 0.162 e. The first-order chi connectivity index (χ1) is 8.63. The number of hydrogen-bond donors (Lipinski definition) is 1. The fraction of sp³-hybridized carbons (Fsp3) is 0.429. The van der Waals surface area contributed by atoms with Gasteiger partial charge in [-0.15, -0.1) is 0 Å². The normalized spacial score (nSPS) is 12.7. The van der Waals surface area contributed by atoms with Crippen molar-refractivity contribution in [2.24, 2.45) is 0 Å². The van der Waals surface area contributed by atoms with E-state index in [9.17, 15) is 0 Å². The third-order valence-corrected chi connectivity index (χ3v) is 3.11. The van der Waals surface area contributed by atoms with Crippen LogP contribution in [0.5, 0.6) is 0 Å². The van der Waals surface area contributed by atoms with E-state index in [1.807, 2.05) is 27.0 Å². The van der Waals surface area contributed by atoms with Gasteiger partial charge in [0.25, 0.3) is 0 Å². The van der Waals surface area contributed by atoms with E-state index in [1.165, 1.54) is 5.56 Å². The summed E-state index contributed by atoms with van der Waals surface area (Å²) in [5.41, 5.74) is 4.24. The molecule has 96 valence electrons. The molecule has 0 saturated heterocycles. The third kappa shape index (κ3) is 2.43. The van der Waals surface area contributed by atoms with Crippen LogP contribution in [0.3, 0.4) is 0 Å². The Morgan fingerprint density at radius 2 is 1.94 bits per heavy atom. The molecule has 2 aromatic heterocycles. The Morgan fingerprint density at radius 1 is 1.28 bits per heavy atom. The van der Waals surface area contributed by atoms with Gasteiger partial charge < -0.3 is 9.73 Å². The number of likely N-dealkylation sites (N-methyl/N-ethyl adjacent to an activating group) is 1. The number of rotatable bonds is 4. The monoisotopic (exact) mass is 245 g/mol. The van der Waals surface area contributed by atoms with Crippen LogP contribution in [0, 0.1) is 13.8 Å². The van der Waals surface area contributed by atoms with Gasteiger partial charge in [0.15, 0.2) is 5.82 Å². The number of aromatic nitrogens is 2. The van der Waals surface area contributed by atoms with Crippen molar-refractivity contribution in [2.45, 2.75) is 26.7 Å². The second kappa shape index (κ2) is 5.31. The summed E-state index contributed by atoms with van der Waals surface area (Å²) in [5, 5.41) is 3.19. The van der Waals surface area contributed by atoms with Crippen molar-refractivity contribution < 1.29 is 4.42 Å². The molecule has 0 aliphatic carbocycles. The SMILES string of the molecule is CNCC(C)c1c(C)nc(-c2ccoc2)nc1C. The third-order valence-electron chi connectivity index (χ3n) is 3.11. The Bertz CT molecular complexity index is 497. The minimum absolute atomic E-state index is 0.411. The van der Waals surface area contributed by atoms with Gasteiger partial charge in [0, 0.05) is 17.9 Å². The lowest BCUT2D eigenvalue weighted by Crippen LogP contribution is -2.17. The second-order valence-electron chi connectivity index (χ2n) is 4.60. The summed E-state index contributed by atoms with van der Waals surface area (Å²) in [6.07, 6.45) is 3.31. The maximum atomic E-state index is 5.07. The molecule has 0 aliphatic rings. The van der Waals surface area contributed by atoms with Crippen LogP contribution in [0.1, 0.15) is 29.8 Å². The minimum Gasteiger partial charge on any atom is -0.472 e. The first-order valence-electron chi connectivity index (χ1n) is 6.15. The van der Waals surface area contributed by atoms with Crippen molar-refractivity contribution in [1.29, 1.82) is 0 Å². The van der Waals surface area contributed by atoms with Crippen molar-refractivity contribution in [3.63, 3.8) is 0 Å². The van der Waals surface area contributed by atoms with Crippen LogP contribution in [-0.4, -0.2) is 23.6 Å². The molecule has 18 heavy (non-hydrogen) atoms. The highest BCUT2D eigenvalue weighted by molar-refractivity contribution is 5.53. The van der Waals surface area contributed by atoms with Crippen LogP contribution in [0.4, 0.5) is 0 Å². The number of nitrogens with zero attached hydrogens (tertiary/aromatic N) is 2. The Labute approximate surface area is 107 Å². The Morgan fingerprint density at radius 3 is 2.44 bits per heavy atom. The zero-order valence-corrected chi connectivity index (χ0v) is 11.3. The average molecular weight is 245 g/mol. The molecule has 0 radical (unpaired) electrons. The van der Waals surface area contributed by atoms with Crippen LogP contribution in [0.2, 0.25) is 0 Å². The van der Waals surface area contributed by atoms with Gasteiger partial charge in [-0.3, -0.25) is 0 Å². The van der Waals surface area contributed by atoms with Crippen LogP contribution in [-0.2, 0) is 0 Å². The van der Waals surface area contributed by atoms with E-state index in [2.05, 4.69) is 22.2 Å². The summed E-state index contributed by atoms with van der Waals surface area (Å²) in [7, 11) is 1.96. The molecule has 4 heteroatoms. The molecule has 1 unspecified atom stereocenters. The van der Waals surface area contributed by atoms with E-state index in [0.29, 0.717) is 5.92 Å². The molecule has 0 aliphatic heterocycles. The second-order valence-corrected chi connectivity index (χ2v) is 4.60. The van der Waals surface area contributed by atoms with Crippen molar-refractivity contribution in [1.82, 2.24) is 15.3 Å². The standard InChI is InChI=1S/C14H19N3O/c1-9(7-15-4)13-10(2)16-14(17-11(13)3)12-5-6-18-8-12/h5-6,8-9,15H,7H2,1-4H3. The number of nitrogens with one attached hydrogen (secondary N) is 1. The van der Waals surface area contributed by atoms with E-state index < -0.39 is 0 Å².